The Hall–Kier alpha value is -3.06. The summed E-state index contributed by atoms with van der Waals surface area (Å²) in [5, 5.41) is 0.952. The second kappa shape index (κ2) is 8.95. The number of fused-ring (bicyclic) bond motifs is 3. The van der Waals surface area contributed by atoms with E-state index in [1.54, 1.807) is 7.11 Å². The zero-order chi connectivity index (χ0) is 24.8. The van der Waals surface area contributed by atoms with Gasteiger partial charge in [-0.1, -0.05) is 6.08 Å². The first-order valence-electron chi connectivity index (χ1n) is 11.3. The fourth-order valence-corrected chi connectivity index (χ4v) is 4.84. The first-order chi connectivity index (χ1) is 16.0. The number of ketones is 1. The predicted octanol–water partition coefficient (Wildman–Crippen LogP) is 6.14. The standard InChI is InChI=1S/C27H29F3N2O2/c1-15-10-20-19-9-8-18(34-5)13-23(19)31-25(20)26(32(15)14-27(3,4)30)24-21(28)11-17(12-22(24)29)7-6-16(2)33/h6-9,11-13,15,26,31H,10,14H2,1-5H3/b7-6+/t15?,26-/m1/s1. The van der Waals surface area contributed by atoms with Gasteiger partial charge in [-0.25, -0.2) is 13.2 Å². The van der Waals surface area contributed by atoms with Crippen LogP contribution in [-0.2, 0) is 11.2 Å². The molecule has 0 fully saturated rings. The van der Waals surface area contributed by atoms with Gasteiger partial charge in [0.05, 0.1) is 13.2 Å². The van der Waals surface area contributed by atoms with Gasteiger partial charge in [0, 0.05) is 40.8 Å². The number of aromatic amines is 1. The molecule has 2 heterocycles. The van der Waals surface area contributed by atoms with E-state index < -0.39 is 23.3 Å². The molecule has 1 aromatic heterocycles. The van der Waals surface area contributed by atoms with Gasteiger partial charge in [0.25, 0.3) is 0 Å². The van der Waals surface area contributed by atoms with Crippen molar-refractivity contribution < 1.29 is 22.7 Å². The first-order valence-corrected chi connectivity index (χ1v) is 11.3. The lowest BCUT2D eigenvalue weighted by molar-refractivity contribution is -0.112. The lowest BCUT2D eigenvalue weighted by Gasteiger charge is -2.43. The third kappa shape index (κ3) is 4.62. The maximum absolute atomic E-state index is 15.5. The topological polar surface area (TPSA) is 45.3 Å². The van der Waals surface area contributed by atoms with Crippen molar-refractivity contribution in [3.63, 3.8) is 0 Å². The summed E-state index contributed by atoms with van der Waals surface area (Å²) in [6, 6.07) is 7.04. The van der Waals surface area contributed by atoms with Crippen molar-refractivity contribution in [2.75, 3.05) is 13.7 Å². The molecule has 1 unspecified atom stereocenters. The summed E-state index contributed by atoms with van der Waals surface area (Å²) < 4.78 is 51.2. The molecule has 4 nitrogen and oxygen atoms in total. The van der Waals surface area contributed by atoms with Gasteiger partial charge >= 0.3 is 0 Å². The predicted molar refractivity (Wildman–Crippen MR) is 128 cm³/mol. The zero-order valence-corrected chi connectivity index (χ0v) is 20.0. The van der Waals surface area contributed by atoms with Crippen molar-refractivity contribution in [1.29, 1.82) is 0 Å². The number of allylic oxidation sites excluding steroid dienone is 1. The number of ether oxygens (including phenoxy) is 1. The van der Waals surface area contributed by atoms with E-state index in [1.165, 1.54) is 45.1 Å². The molecule has 7 heteroatoms. The van der Waals surface area contributed by atoms with Gasteiger partial charge in [-0.05, 0) is 75.6 Å². The second-order valence-electron chi connectivity index (χ2n) is 9.62. The highest BCUT2D eigenvalue weighted by Gasteiger charge is 2.40. The number of alkyl halides is 1. The van der Waals surface area contributed by atoms with Crippen LogP contribution in [0.2, 0.25) is 0 Å². The fourth-order valence-electron chi connectivity index (χ4n) is 4.84. The number of carbonyl (C=O) groups is 1. The van der Waals surface area contributed by atoms with Gasteiger partial charge in [-0.3, -0.25) is 9.69 Å². The molecule has 0 spiro atoms. The molecule has 180 valence electrons. The SMILES string of the molecule is COc1ccc2c3c([nH]c2c1)[C@@H](c1c(F)cc(/C=C/C(C)=O)cc1F)N(CC(C)(C)F)C(C)C3. The number of methoxy groups -OCH3 is 1. The van der Waals surface area contributed by atoms with Crippen molar-refractivity contribution in [3.8, 4) is 5.75 Å². The quantitative estimate of drug-likeness (QED) is 0.440. The Kier molecular flexibility index (Phi) is 6.34. The van der Waals surface area contributed by atoms with Crippen LogP contribution in [-0.4, -0.2) is 41.0 Å². The molecule has 0 saturated heterocycles. The second-order valence-corrected chi connectivity index (χ2v) is 9.62. The molecule has 0 bridgehead atoms. The Morgan fingerprint density at radius 2 is 1.91 bits per heavy atom. The molecule has 2 aromatic carbocycles. The Balaban J connectivity index is 1.93. The number of halogens is 3. The first kappa shape index (κ1) is 24.1. The molecule has 2 atom stereocenters. The number of H-pyrrole nitrogens is 1. The Labute approximate surface area is 197 Å². The van der Waals surface area contributed by atoms with E-state index in [4.69, 9.17) is 4.74 Å². The van der Waals surface area contributed by atoms with Crippen molar-refractivity contribution in [3.05, 3.63) is 70.4 Å². The Morgan fingerprint density at radius 1 is 1.24 bits per heavy atom. The molecular formula is C27H29F3N2O2. The fraction of sp³-hybridized carbons (Fsp3) is 0.370. The summed E-state index contributed by atoms with van der Waals surface area (Å²) in [6.07, 6.45) is 3.25. The summed E-state index contributed by atoms with van der Waals surface area (Å²) >= 11 is 0. The minimum atomic E-state index is -1.57. The normalized spacial score (nSPS) is 19.1. The van der Waals surface area contributed by atoms with Gasteiger partial charge in [0.1, 0.15) is 23.1 Å². The highest BCUT2D eigenvalue weighted by molar-refractivity contribution is 5.91. The van der Waals surface area contributed by atoms with Crippen molar-refractivity contribution in [2.24, 2.45) is 0 Å². The van der Waals surface area contributed by atoms with Crippen LogP contribution >= 0.6 is 0 Å². The molecule has 0 aliphatic carbocycles. The molecule has 4 rings (SSSR count). The van der Waals surface area contributed by atoms with Crippen molar-refractivity contribution in [2.45, 2.75) is 51.9 Å². The van der Waals surface area contributed by atoms with E-state index in [9.17, 15) is 9.18 Å². The molecule has 1 aliphatic rings. The molecular weight excluding hydrogens is 441 g/mol. The van der Waals surface area contributed by atoms with E-state index in [0.29, 0.717) is 17.9 Å². The average molecular weight is 471 g/mol. The molecule has 0 radical (unpaired) electrons. The smallest absolute Gasteiger partial charge is 0.152 e. The molecule has 34 heavy (non-hydrogen) atoms. The van der Waals surface area contributed by atoms with E-state index >= 15 is 8.78 Å². The number of aromatic nitrogens is 1. The molecule has 3 aromatic rings. The van der Waals surface area contributed by atoms with Gasteiger partial charge in [0.15, 0.2) is 5.78 Å². The lowest BCUT2D eigenvalue weighted by atomic mass is 9.87. The Bertz CT molecular complexity index is 1250. The third-order valence-electron chi connectivity index (χ3n) is 6.26. The maximum atomic E-state index is 15.5. The third-order valence-corrected chi connectivity index (χ3v) is 6.26. The largest absolute Gasteiger partial charge is 0.497 e. The Morgan fingerprint density at radius 3 is 2.50 bits per heavy atom. The molecule has 1 N–H and O–H groups in total. The van der Waals surface area contributed by atoms with E-state index in [2.05, 4.69) is 4.98 Å². The van der Waals surface area contributed by atoms with Gasteiger partial charge in [-0.2, -0.15) is 0 Å². The highest BCUT2D eigenvalue weighted by atomic mass is 19.1. The summed E-state index contributed by atoms with van der Waals surface area (Å²) in [5.41, 5.74) is 0.936. The van der Waals surface area contributed by atoms with Gasteiger partial charge < -0.3 is 9.72 Å². The van der Waals surface area contributed by atoms with Crippen LogP contribution in [0.1, 0.15) is 56.1 Å². The van der Waals surface area contributed by atoms with Crippen LogP contribution in [0.4, 0.5) is 13.2 Å². The number of carbonyl (C=O) groups excluding carboxylic acids is 1. The summed E-state index contributed by atoms with van der Waals surface area (Å²) in [4.78, 5) is 16.4. The summed E-state index contributed by atoms with van der Waals surface area (Å²) in [6.45, 7) is 6.24. The summed E-state index contributed by atoms with van der Waals surface area (Å²) in [5.74, 6) is -1.05. The average Bonchev–Trinajstić information content (AvgIpc) is 3.10. The maximum Gasteiger partial charge on any atom is 0.152 e. The summed E-state index contributed by atoms with van der Waals surface area (Å²) in [7, 11) is 1.58. The van der Waals surface area contributed by atoms with Gasteiger partial charge in [0.2, 0.25) is 0 Å². The number of hydrogen-bond donors (Lipinski definition) is 1. The number of nitrogens with one attached hydrogen (secondary N) is 1. The highest BCUT2D eigenvalue weighted by Crippen LogP contribution is 2.43. The van der Waals surface area contributed by atoms with E-state index in [0.717, 1.165) is 16.5 Å². The molecule has 0 saturated carbocycles. The minimum Gasteiger partial charge on any atom is -0.497 e. The number of benzene rings is 2. The monoisotopic (exact) mass is 470 g/mol. The van der Waals surface area contributed by atoms with Crippen LogP contribution in [0.5, 0.6) is 5.75 Å². The molecule has 0 amide bonds. The molecule has 1 aliphatic heterocycles. The van der Waals surface area contributed by atoms with Crippen LogP contribution in [0.3, 0.4) is 0 Å². The number of rotatable bonds is 6. The van der Waals surface area contributed by atoms with Crippen LogP contribution < -0.4 is 4.74 Å². The van der Waals surface area contributed by atoms with E-state index in [-0.39, 0.29) is 29.5 Å². The minimum absolute atomic E-state index is 0.00182. The van der Waals surface area contributed by atoms with Crippen LogP contribution in [0.15, 0.2) is 36.4 Å². The van der Waals surface area contributed by atoms with Gasteiger partial charge in [-0.15, -0.1) is 0 Å². The number of nitrogens with zero attached hydrogens (tertiary/aromatic N) is 1. The lowest BCUT2D eigenvalue weighted by Crippen LogP contribution is -2.48. The van der Waals surface area contributed by atoms with Crippen LogP contribution in [0, 0.1) is 11.6 Å². The van der Waals surface area contributed by atoms with Crippen LogP contribution in [0.25, 0.3) is 17.0 Å². The zero-order valence-electron chi connectivity index (χ0n) is 20.0. The van der Waals surface area contributed by atoms with E-state index in [1.807, 2.05) is 30.0 Å². The number of hydrogen-bond acceptors (Lipinski definition) is 3. The van der Waals surface area contributed by atoms with Crippen molar-refractivity contribution >= 4 is 22.8 Å². The van der Waals surface area contributed by atoms with Crippen molar-refractivity contribution in [1.82, 2.24) is 9.88 Å².